The molecule has 1 rings (SSSR count). The third-order valence-electron chi connectivity index (χ3n) is 3.03. The molecular formula is C15H23ClO. The summed E-state index contributed by atoms with van der Waals surface area (Å²) in [5.41, 5.74) is 1.47. The van der Waals surface area contributed by atoms with Gasteiger partial charge >= 0.3 is 0 Å². The Kier molecular flexibility index (Phi) is 5.48. The second-order valence-electron chi connectivity index (χ2n) is 5.94. The lowest BCUT2D eigenvalue weighted by atomic mass is 9.85. The first kappa shape index (κ1) is 14.5. The van der Waals surface area contributed by atoms with E-state index in [9.17, 15) is 5.11 Å². The summed E-state index contributed by atoms with van der Waals surface area (Å²) < 4.78 is 0. The van der Waals surface area contributed by atoms with Crippen molar-refractivity contribution in [2.24, 2.45) is 11.3 Å². The molecule has 0 aliphatic carbocycles. The van der Waals surface area contributed by atoms with Crippen molar-refractivity contribution in [2.45, 2.75) is 40.0 Å². The molecule has 0 radical (unpaired) electrons. The van der Waals surface area contributed by atoms with E-state index < -0.39 is 0 Å². The predicted octanol–water partition coefficient (Wildman–Crippen LogP) is 4.32. The van der Waals surface area contributed by atoms with Crippen LogP contribution in [-0.4, -0.2) is 11.7 Å². The Morgan fingerprint density at radius 2 is 1.88 bits per heavy atom. The van der Waals surface area contributed by atoms with Crippen molar-refractivity contribution in [1.29, 1.82) is 0 Å². The second kappa shape index (κ2) is 6.42. The fourth-order valence-corrected chi connectivity index (χ4v) is 2.08. The van der Waals surface area contributed by atoms with Crippen molar-refractivity contribution in [3.8, 4) is 0 Å². The van der Waals surface area contributed by atoms with E-state index in [4.69, 9.17) is 11.6 Å². The summed E-state index contributed by atoms with van der Waals surface area (Å²) in [5, 5.41) is 10.2. The fraction of sp³-hybridized carbons (Fsp3) is 0.600. The van der Waals surface area contributed by atoms with Crippen LogP contribution in [0.1, 0.15) is 39.2 Å². The zero-order valence-corrected chi connectivity index (χ0v) is 11.8. The van der Waals surface area contributed by atoms with Crippen LogP contribution in [-0.2, 0) is 6.42 Å². The Morgan fingerprint density at radius 3 is 2.41 bits per heavy atom. The lowest BCUT2D eigenvalue weighted by Crippen LogP contribution is -2.14. The summed E-state index contributed by atoms with van der Waals surface area (Å²) in [6.45, 7) is 6.94. The van der Waals surface area contributed by atoms with Gasteiger partial charge in [-0.25, -0.2) is 0 Å². The molecule has 1 nitrogen and oxygen atoms in total. The normalized spacial score (nSPS) is 13.7. The highest BCUT2D eigenvalue weighted by atomic mass is 35.5. The second-order valence-corrected chi connectivity index (χ2v) is 6.35. The van der Waals surface area contributed by atoms with E-state index in [1.54, 1.807) is 0 Å². The Balaban J connectivity index is 2.56. The number of aliphatic hydroxyl groups excluding tert-OH is 1. The van der Waals surface area contributed by atoms with Crippen LogP contribution < -0.4 is 0 Å². The van der Waals surface area contributed by atoms with Crippen LogP contribution in [0.2, 0.25) is 5.02 Å². The smallest absolute Gasteiger partial charge is 0.0462 e. The molecule has 0 fully saturated rings. The van der Waals surface area contributed by atoms with Crippen LogP contribution in [0.15, 0.2) is 24.3 Å². The van der Waals surface area contributed by atoms with E-state index in [2.05, 4.69) is 20.8 Å². The Hall–Kier alpha value is -0.530. The molecule has 2 heteroatoms. The third kappa shape index (κ3) is 5.56. The number of aliphatic hydroxyl groups is 1. The minimum absolute atomic E-state index is 0.237. The van der Waals surface area contributed by atoms with Gasteiger partial charge in [-0.05, 0) is 42.2 Å². The first-order valence-electron chi connectivity index (χ1n) is 6.26. The van der Waals surface area contributed by atoms with Crippen molar-refractivity contribution in [3.05, 3.63) is 34.9 Å². The van der Waals surface area contributed by atoms with E-state index in [0.717, 1.165) is 29.8 Å². The van der Waals surface area contributed by atoms with Gasteiger partial charge in [-0.1, -0.05) is 50.6 Å². The van der Waals surface area contributed by atoms with E-state index in [1.165, 1.54) is 0 Å². The molecule has 1 N–H and O–H groups in total. The van der Waals surface area contributed by atoms with Gasteiger partial charge in [-0.15, -0.1) is 0 Å². The van der Waals surface area contributed by atoms with Crippen LogP contribution in [0.5, 0.6) is 0 Å². The first-order chi connectivity index (χ1) is 7.92. The predicted molar refractivity (Wildman–Crippen MR) is 74.4 cm³/mol. The van der Waals surface area contributed by atoms with Crippen molar-refractivity contribution in [1.82, 2.24) is 0 Å². The van der Waals surface area contributed by atoms with Gasteiger partial charge in [0.1, 0.15) is 0 Å². The Labute approximate surface area is 110 Å². The molecule has 1 aromatic carbocycles. The maximum atomic E-state index is 9.43. The summed E-state index contributed by atoms with van der Waals surface area (Å²) in [6.07, 6.45) is 3.04. The van der Waals surface area contributed by atoms with E-state index in [1.807, 2.05) is 24.3 Å². The van der Waals surface area contributed by atoms with Crippen LogP contribution in [0.4, 0.5) is 0 Å². The SMILES string of the molecule is CC(C)(C)CCC(CO)Cc1ccccc1Cl. The molecule has 0 aliphatic rings. The van der Waals surface area contributed by atoms with Gasteiger partial charge in [-0.3, -0.25) is 0 Å². The molecule has 0 saturated carbocycles. The van der Waals surface area contributed by atoms with Gasteiger partial charge in [0, 0.05) is 11.6 Å². The summed E-state index contributed by atoms with van der Waals surface area (Å²) in [7, 11) is 0. The molecule has 0 amide bonds. The molecule has 96 valence electrons. The summed E-state index contributed by atoms with van der Waals surface area (Å²) >= 11 is 6.13. The zero-order chi connectivity index (χ0) is 12.9. The van der Waals surface area contributed by atoms with Crippen molar-refractivity contribution in [3.63, 3.8) is 0 Å². The summed E-state index contributed by atoms with van der Waals surface area (Å²) in [4.78, 5) is 0. The lowest BCUT2D eigenvalue weighted by Gasteiger charge is -2.22. The quantitative estimate of drug-likeness (QED) is 0.830. The number of benzene rings is 1. The summed E-state index contributed by atoms with van der Waals surface area (Å²) in [5.74, 6) is 0.314. The molecular weight excluding hydrogens is 232 g/mol. The van der Waals surface area contributed by atoms with Gasteiger partial charge < -0.3 is 5.11 Å². The average molecular weight is 255 g/mol. The standard InChI is InChI=1S/C15H23ClO/c1-15(2,3)9-8-12(11-17)10-13-6-4-5-7-14(13)16/h4-7,12,17H,8-11H2,1-3H3. The summed E-state index contributed by atoms with van der Waals surface area (Å²) in [6, 6.07) is 7.89. The minimum atomic E-state index is 0.237. The molecule has 0 spiro atoms. The highest BCUT2D eigenvalue weighted by Crippen LogP contribution is 2.26. The largest absolute Gasteiger partial charge is 0.396 e. The lowest BCUT2D eigenvalue weighted by molar-refractivity contribution is 0.200. The highest BCUT2D eigenvalue weighted by Gasteiger charge is 2.16. The van der Waals surface area contributed by atoms with Crippen LogP contribution in [0, 0.1) is 11.3 Å². The number of rotatable bonds is 5. The topological polar surface area (TPSA) is 20.2 Å². The molecule has 0 saturated heterocycles. The Morgan fingerprint density at radius 1 is 1.24 bits per heavy atom. The van der Waals surface area contributed by atoms with Gasteiger partial charge in [-0.2, -0.15) is 0 Å². The van der Waals surface area contributed by atoms with Gasteiger partial charge in [0.2, 0.25) is 0 Å². The molecule has 0 bridgehead atoms. The van der Waals surface area contributed by atoms with Crippen LogP contribution in [0.25, 0.3) is 0 Å². The highest BCUT2D eigenvalue weighted by molar-refractivity contribution is 6.31. The molecule has 0 aromatic heterocycles. The van der Waals surface area contributed by atoms with E-state index in [-0.39, 0.29) is 6.61 Å². The molecule has 1 unspecified atom stereocenters. The molecule has 1 aromatic rings. The Bertz CT molecular complexity index is 341. The van der Waals surface area contributed by atoms with Crippen molar-refractivity contribution < 1.29 is 5.11 Å². The van der Waals surface area contributed by atoms with Gasteiger partial charge in [0.25, 0.3) is 0 Å². The number of hydrogen-bond acceptors (Lipinski definition) is 1. The van der Waals surface area contributed by atoms with Gasteiger partial charge in [0.15, 0.2) is 0 Å². The van der Waals surface area contributed by atoms with Crippen LogP contribution >= 0.6 is 11.6 Å². The third-order valence-corrected chi connectivity index (χ3v) is 3.40. The maximum Gasteiger partial charge on any atom is 0.0462 e. The average Bonchev–Trinajstić information content (AvgIpc) is 2.25. The fourth-order valence-electron chi connectivity index (χ4n) is 1.87. The van der Waals surface area contributed by atoms with Gasteiger partial charge in [0.05, 0.1) is 0 Å². The van der Waals surface area contributed by atoms with Crippen molar-refractivity contribution >= 4 is 11.6 Å². The zero-order valence-electron chi connectivity index (χ0n) is 11.0. The van der Waals surface area contributed by atoms with Crippen LogP contribution in [0.3, 0.4) is 0 Å². The van der Waals surface area contributed by atoms with E-state index >= 15 is 0 Å². The monoisotopic (exact) mass is 254 g/mol. The first-order valence-corrected chi connectivity index (χ1v) is 6.64. The molecule has 0 aliphatic heterocycles. The number of halogens is 1. The number of hydrogen-bond donors (Lipinski definition) is 1. The van der Waals surface area contributed by atoms with Crippen molar-refractivity contribution in [2.75, 3.05) is 6.61 Å². The molecule has 17 heavy (non-hydrogen) atoms. The van der Waals surface area contributed by atoms with E-state index in [0.29, 0.717) is 11.3 Å². The maximum absolute atomic E-state index is 9.43. The molecule has 0 heterocycles. The molecule has 1 atom stereocenters. The minimum Gasteiger partial charge on any atom is -0.396 e.